The molecule has 4 N–H and O–H groups in total. The number of nitrogens with zero attached hydrogens (tertiary/aromatic N) is 3. The second-order valence-electron chi connectivity index (χ2n) is 6.00. The van der Waals surface area contributed by atoms with Crippen LogP contribution in [0.5, 0.6) is 0 Å². The number of anilines is 1. The minimum absolute atomic E-state index is 0.458. The number of hydrazine groups is 1. The fraction of sp³-hybridized carbons (Fsp3) is 0.529. The monoisotopic (exact) mass is 387 g/mol. The Labute approximate surface area is 159 Å². The molecule has 8 heteroatoms. The molecule has 0 spiro atoms. The molecule has 1 heterocycles. The first-order chi connectivity index (χ1) is 12.0. The summed E-state index contributed by atoms with van der Waals surface area (Å²) in [6.07, 6.45) is 2.73. The molecule has 1 aromatic carbocycles. The van der Waals surface area contributed by atoms with Gasteiger partial charge < -0.3 is 15.4 Å². The van der Waals surface area contributed by atoms with E-state index in [2.05, 4.69) is 16.7 Å². The molecule has 0 amide bonds. The highest BCUT2D eigenvalue weighted by Gasteiger charge is 2.13. The van der Waals surface area contributed by atoms with Crippen molar-refractivity contribution in [1.82, 2.24) is 9.80 Å². The predicted octanol–water partition coefficient (Wildman–Crippen LogP) is 2.48. The molecule has 0 aromatic heterocycles. The van der Waals surface area contributed by atoms with Gasteiger partial charge in [0.15, 0.2) is 0 Å². The molecule has 140 valence electrons. The molecule has 25 heavy (non-hydrogen) atoms. The number of hydrogen-bond donors (Lipinski definition) is 2. The van der Waals surface area contributed by atoms with Crippen molar-refractivity contribution in [2.24, 2.45) is 11.6 Å². The van der Waals surface area contributed by atoms with Gasteiger partial charge in [0.25, 0.3) is 0 Å². The predicted molar refractivity (Wildman–Crippen MR) is 105 cm³/mol. The average Bonchev–Trinajstić information content (AvgIpc) is 2.61. The van der Waals surface area contributed by atoms with E-state index in [-0.39, 0.29) is 0 Å². The quantitative estimate of drug-likeness (QED) is 0.527. The first-order valence-corrected chi connectivity index (χ1v) is 9.28. The molecule has 0 unspecified atom stereocenters. The zero-order valence-corrected chi connectivity index (χ0v) is 16.1. The van der Waals surface area contributed by atoms with Gasteiger partial charge in [-0.05, 0) is 24.6 Å². The number of halogens is 2. The van der Waals surface area contributed by atoms with E-state index in [0.717, 1.165) is 58.0 Å². The molecule has 0 saturated carbocycles. The van der Waals surface area contributed by atoms with E-state index in [4.69, 9.17) is 39.5 Å². The van der Waals surface area contributed by atoms with Crippen molar-refractivity contribution in [3.05, 3.63) is 40.3 Å². The Morgan fingerprint density at radius 1 is 1.24 bits per heavy atom. The lowest BCUT2D eigenvalue weighted by Crippen LogP contribution is -2.42. The largest absolute Gasteiger partial charge is 0.384 e. The van der Waals surface area contributed by atoms with Crippen molar-refractivity contribution in [1.29, 1.82) is 0 Å². The van der Waals surface area contributed by atoms with Crippen LogP contribution in [0, 0.1) is 0 Å². The van der Waals surface area contributed by atoms with E-state index >= 15 is 0 Å². The first kappa shape index (κ1) is 20.1. The summed E-state index contributed by atoms with van der Waals surface area (Å²) in [5, 5.41) is 2.42. The Balaban J connectivity index is 1.99. The van der Waals surface area contributed by atoms with Gasteiger partial charge in [0.2, 0.25) is 0 Å². The van der Waals surface area contributed by atoms with Crippen LogP contribution >= 0.6 is 23.2 Å². The standard InChI is InChI=1S/C17H27Cl2N5O/c1-2-5-23(7-6-22-8-10-25-11-9-22)17(20)13-24(21)14-3-4-15(18)16(19)12-14/h3-4,12-13H,2,5-11,20-21H2,1H3/b17-13+. The molecule has 1 saturated heterocycles. The summed E-state index contributed by atoms with van der Waals surface area (Å²) in [7, 11) is 0. The number of ether oxygens (including phenoxy) is 1. The zero-order valence-electron chi connectivity index (χ0n) is 14.6. The molecule has 0 bridgehead atoms. The Kier molecular flexibility index (Phi) is 8.12. The van der Waals surface area contributed by atoms with Gasteiger partial charge in [0, 0.05) is 32.7 Å². The van der Waals surface area contributed by atoms with Gasteiger partial charge >= 0.3 is 0 Å². The summed E-state index contributed by atoms with van der Waals surface area (Å²) < 4.78 is 5.39. The maximum absolute atomic E-state index is 6.29. The van der Waals surface area contributed by atoms with Crippen molar-refractivity contribution in [2.75, 3.05) is 50.9 Å². The van der Waals surface area contributed by atoms with Crippen molar-refractivity contribution >= 4 is 28.9 Å². The van der Waals surface area contributed by atoms with Gasteiger partial charge in [-0.2, -0.15) is 0 Å². The minimum Gasteiger partial charge on any atom is -0.384 e. The Morgan fingerprint density at radius 3 is 2.60 bits per heavy atom. The van der Waals surface area contributed by atoms with E-state index in [1.165, 1.54) is 5.01 Å². The Hall–Kier alpha value is -1.18. The van der Waals surface area contributed by atoms with E-state index < -0.39 is 0 Å². The number of nitrogens with two attached hydrogens (primary N) is 2. The van der Waals surface area contributed by atoms with E-state index in [1.807, 2.05) is 0 Å². The zero-order chi connectivity index (χ0) is 18.2. The van der Waals surface area contributed by atoms with Crippen LogP contribution < -0.4 is 16.6 Å². The highest BCUT2D eigenvalue weighted by atomic mass is 35.5. The van der Waals surface area contributed by atoms with E-state index in [9.17, 15) is 0 Å². The van der Waals surface area contributed by atoms with Crippen LogP contribution in [0.2, 0.25) is 10.0 Å². The molecule has 2 rings (SSSR count). The molecule has 0 atom stereocenters. The van der Waals surface area contributed by atoms with Crippen LogP contribution in [0.1, 0.15) is 13.3 Å². The number of rotatable bonds is 8. The lowest BCUT2D eigenvalue weighted by Gasteiger charge is -2.31. The number of hydrogen-bond acceptors (Lipinski definition) is 6. The maximum atomic E-state index is 6.29. The second-order valence-corrected chi connectivity index (χ2v) is 6.82. The van der Waals surface area contributed by atoms with Crippen LogP contribution in [0.25, 0.3) is 0 Å². The van der Waals surface area contributed by atoms with Crippen molar-refractivity contribution < 1.29 is 4.74 Å². The Morgan fingerprint density at radius 2 is 1.96 bits per heavy atom. The summed E-state index contributed by atoms with van der Waals surface area (Å²) >= 11 is 12.0. The minimum atomic E-state index is 0.458. The van der Waals surface area contributed by atoms with Crippen molar-refractivity contribution in [3.63, 3.8) is 0 Å². The van der Waals surface area contributed by atoms with Crippen LogP contribution in [-0.4, -0.2) is 55.7 Å². The summed E-state index contributed by atoms with van der Waals surface area (Å²) in [4.78, 5) is 4.53. The smallest absolute Gasteiger partial charge is 0.117 e. The maximum Gasteiger partial charge on any atom is 0.117 e. The van der Waals surface area contributed by atoms with Gasteiger partial charge in [-0.15, -0.1) is 0 Å². The van der Waals surface area contributed by atoms with Crippen LogP contribution in [-0.2, 0) is 4.74 Å². The van der Waals surface area contributed by atoms with Crippen LogP contribution in [0.15, 0.2) is 30.2 Å². The van der Waals surface area contributed by atoms with E-state index in [1.54, 1.807) is 24.4 Å². The summed E-state index contributed by atoms with van der Waals surface area (Å²) in [5.74, 6) is 6.74. The number of morpholine rings is 1. The summed E-state index contributed by atoms with van der Waals surface area (Å²) in [6, 6.07) is 5.23. The normalized spacial score (nSPS) is 16.1. The second kappa shape index (κ2) is 10.1. The summed E-state index contributed by atoms with van der Waals surface area (Å²) in [6.45, 7) is 8.35. The van der Waals surface area contributed by atoms with Crippen LogP contribution in [0.4, 0.5) is 5.69 Å². The molecule has 0 aliphatic carbocycles. The molecule has 1 fully saturated rings. The molecule has 0 radical (unpaired) electrons. The molecular formula is C17H27Cl2N5O. The van der Waals surface area contributed by atoms with Gasteiger partial charge in [-0.1, -0.05) is 30.1 Å². The average molecular weight is 388 g/mol. The molecule has 6 nitrogen and oxygen atoms in total. The fourth-order valence-corrected chi connectivity index (χ4v) is 2.96. The number of benzene rings is 1. The lowest BCUT2D eigenvalue weighted by molar-refractivity contribution is 0.0347. The summed E-state index contributed by atoms with van der Waals surface area (Å²) in [5.41, 5.74) is 7.01. The van der Waals surface area contributed by atoms with Crippen LogP contribution in [0.3, 0.4) is 0 Å². The van der Waals surface area contributed by atoms with Gasteiger partial charge in [-0.25, -0.2) is 5.84 Å². The third-order valence-electron chi connectivity index (χ3n) is 4.12. The third-order valence-corrected chi connectivity index (χ3v) is 4.86. The van der Waals surface area contributed by atoms with Crippen molar-refractivity contribution in [2.45, 2.75) is 13.3 Å². The SMILES string of the molecule is CCCN(CCN1CCOCC1)/C(N)=C/N(N)c1ccc(Cl)c(Cl)c1. The molecule has 1 aliphatic rings. The molecule has 1 aromatic rings. The molecule has 1 aliphatic heterocycles. The van der Waals surface area contributed by atoms with Gasteiger partial charge in [0.1, 0.15) is 5.82 Å². The van der Waals surface area contributed by atoms with Crippen molar-refractivity contribution in [3.8, 4) is 0 Å². The topological polar surface area (TPSA) is 71.0 Å². The van der Waals surface area contributed by atoms with Gasteiger partial charge in [-0.3, -0.25) is 9.91 Å². The first-order valence-electron chi connectivity index (χ1n) is 8.52. The fourth-order valence-electron chi connectivity index (χ4n) is 2.67. The highest BCUT2D eigenvalue weighted by molar-refractivity contribution is 6.42. The van der Waals surface area contributed by atoms with E-state index in [0.29, 0.717) is 15.9 Å². The van der Waals surface area contributed by atoms with Gasteiger partial charge in [0.05, 0.1) is 35.1 Å². The lowest BCUT2D eigenvalue weighted by atomic mass is 10.3. The highest BCUT2D eigenvalue weighted by Crippen LogP contribution is 2.26. The Bertz CT molecular complexity index is 578. The molecular weight excluding hydrogens is 361 g/mol. The third kappa shape index (κ3) is 6.24.